The molecule has 0 fully saturated rings. The van der Waals surface area contributed by atoms with Crippen LogP contribution in [0.25, 0.3) is 11.0 Å². The second-order valence-corrected chi connectivity index (χ2v) is 7.10. The van der Waals surface area contributed by atoms with Crippen LogP contribution in [0.3, 0.4) is 0 Å². The van der Waals surface area contributed by atoms with Gasteiger partial charge in [-0.3, -0.25) is 9.36 Å². The number of halogens is 2. The van der Waals surface area contributed by atoms with Crippen molar-refractivity contribution >= 4 is 27.0 Å². The highest BCUT2D eigenvalue weighted by Gasteiger charge is 2.13. The number of nitrogens with zero attached hydrogens (tertiary/aromatic N) is 4. The Kier molecular flexibility index (Phi) is 4.95. The number of hydrogen-bond acceptors (Lipinski definition) is 4. The first-order valence-electron chi connectivity index (χ1n) is 8.55. The summed E-state index contributed by atoms with van der Waals surface area (Å²) in [6, 6.07) is 13.7. The molecule has 0 aliphatic carbocycles. The van der Waals surface area contributed by atoms with Gasteiger partial charge in [0.05, 0.1) is 6.54 Å². The van der Waals surface area contributed by atoms with Crippen molar-refractivity contribution in [3.8, 4) is 5.75 Å². The van der Waals surface area contributed by atoms with Crippen LogP contribution in [-0.4, -0.2) is 19.3 Å². The Morgan fingerprint density at radius 1 is 1.07 bits per heavy atom. The molecule has 0 saturated heterocycles. The minimum atomic E-state index is -0.269. The molecule has 2 heterocycles. The third-order valence-corrected chi connectivity index (χ3v) is 4.92. The molecule has 0 bridgehead atoms. The van der Waals surface area contributed by atoms with Crippen molar-refractivity contribution in [3.63, 3.8) is 0 Å². The predicted octanol–water partition coefficient (Wildman–Crippen LogP) is 3.66. The summed E-state index contributed by atoms with van der Waals surface area (Å²) in [6.45, 7) is 0.746. The number of benzene rings is 2. The second kappa shape index (κ2) is 7.55. The van der Waals surface area contributed by atoms with E-state index in [1.807, 2.05) is 24.3 Å². The molecule has 28 heavy (non-hydrogen) atoms. The van der Waals surface area contributed by atoms with Crippen LogP contribution >= 0.6 is 15.9 Å². The number of hydrogen-bond donors (Lipinski definition) is 0. The molecule has 0 unspecified atom stereocenters. The van der Waals surface area contributed by atoms with Crippen LogP contribution in [0, 0.1) is 5.82 Å². The van der Waals surface area contributed by atoms with Crippen LogP contribution < -0.4 is 10.3 Å². The van der Waals surface area contributed by atoms with Gasteiger partial charge in [-0.2, -0.15) is 5.10 Å². The summed E-state index contributed by atoms with van der Waals surface area (Å²) in [6.07, 6.45) is 1.53. The fraction of sp³-hybridized carbons (Fsp3) is 0.150. The van der Waals surface area contributed by atoms with Crippen molar-refractivity contribution in [2.45, 2.75) is 13.2 Å². The molecule has 2 aromatic heterocycles. The van der Waals surface area contributed by atoms with Crippen LogP contribution in [0.5, 0.6) is 5.75 Å². The summed E-state index contributed by atoms with van der Waals surface area (Å²) in [5.74, 6) is 0.429. The molecular formula is C20H16BrFN4O2. The zero-order chi connectivity index (χ0) is 19.7. The molecule has 0 radical (unpaired) electrons. The highest BCUT2D eigenvalue weighted by molar-refractivity contribution is 9.10. The lowest BCUT2D eigenvalue weighted by atomic mass is 10.2. The van der Waals surface area contributed by atoms with E-state index in [4.69, 9.17) is 4.74 Å². The minimum absolute atomic E-state index is 0.151. The van der Waals surface area contributed by atoms with Gasteiger partial charge in [-0.1, -0.05) is 24.3 Å². The number of rotatable bonds is 5. The topological polar surface area (TPSA) is 61.9 Å². The van der Waals surface area contributed by atoms with E-state index >= 15 is 0 Å². The molecule has 4 aromatic rings. The van der Waals surface area contributed by atoms with Gasteiger partial charge in [-0.05, 0) is 51.3 Å². The maximum atomic E-state index is 12.9. The van der Waals surface area contributed by atoms with Crippen molar-refractivity contribution < 1.29 is 9.13 Å². The van der Waals surface area contributed by atoms with Gasteiger partial charge in [-0.15, -0.1) is 0 Å². The van der Waals surface area contributed by atoms with E-state index in [2.05, 4.69) is 26.0 Å². The van der Waals surface area contributed by atoms with Gasteiger partial charge in [0.25, 0.3) is 5.56 Å². The third-order valence-electron chi connectivity index (χ3n) is 4.36. The molecule has 0 aliphatic rings. The predicted molar refractivity (Wildman–Crippen MR) is 107 cm³/mol. The fourth-order valence-electron chi connectivity index (χ4n) is 2.88. The van der Waals surface area contributed by atoms with Gasteiger partial charge in [-0.25, -0.2) is 14.1 Å². The van der Waals surface area contributed by atoms with Crippen LogP contribution in [0.15, 0.2) is 64.3 Å². The van der Waals surface area contributed by atoms with Gasteiger partial charge >= 0.3 is 0 Å². The summed E-state index contributed by atoms with van der Waals surface area (Å²) in [5, 5.41) is 4.64. The highest BCUT2D eigenvalue weighted by Crippen LogP contribution is 2.18. The van der Waals surface area contributed by atoms with Gasteiger partial charge in [0, 0.05) is 7.05 Å². The third kappa shape index (κ3) is 3.68. The van der Waals surface area contributed by atoms with Crippen LogP contribution in [0.4, 0.5) is 4.39 Å². The first-order valence-corrected chi connectivity index (χ1v) is 9.34. The van der Waals surface area contributed by atoms with Gasteiger partial charge < -0.3 is 4.74 Å². The Hall–Kier alpha value is -3.00. The Labute approximate surface area is 168 Å². The van der Waals surface area contributed by atoms with E-state index in [0.717, 1.165) is 11.1 Å². The summed E-state index contributed by atoms with van der Waals surface area (Å²) >= 11 is 3.32. The van der Waals surface area contributed by atoms with Crippen molar-refractivity contribution in [1.82, 2.24) is 19.3 Å². The van der Waals surface area contributed by atoms with E-state index < -0.39 is 0 Å². The second-order valence-electron chi connectivity index (χ2n) is 6.35. The highest BCUT2D eigenvalue weighted by atomic mass is 79.9. The van der Waals surface area contributed by atoms with E-state index in [0.29, 0.717) is 34.5 Å². The van der Waals surface area contributed by atoms with Gasteiger partial charge in [0.1, 0.15) is 34.5 Å². The van der Waals surface area contributed by atoms with E-state index in [1.165, 1.54) is 18.5 Å². The molecule has 2 aromatic carbocycles. The van der Waals surface area contributed by atoms with Crippen LogP contribution in [-0.2, 0) is 20.2 Å². The first kappa shape index (κ1) is 18.4. The lowest BCUT2D eigenvalue weighted by Gasteiger charge is -2.09. The Balaban J connectivity index is 1.48. The molecule has 0 amide bonds. The van der Waals surface area contributed by atoms with Crippen LogP contribution in [0.2, 0.25) is 0 Å². The normalized spacial score (nSPS) is 11.1. The molecule has 6 nitrogen and oxygen atoms in total. The van der Waals surface area contributed by atoms with Crippen molar-refractivity contribution in [1.29, 1.82) is 0 Å². The van der Waals surface area contributed by atoms with E-state index in [9.17, 15) is 9.18 Å². The molecule has 8 heteroatoms. The summed E-state index contributed by atoms with van der Waals surface area (Å²) in [7, 11) is 1.74. The SMILES string of the molecule is Cn1nc(Br)c2c(=O)n(Cc3ccc(OCc4ccc(F)cc4)cc3)cnc21. The van der Waals surface area contributed by atoms with Gasteiger partial charge in [0.15, 0.2) is 5.65 Å². The first-order chi connectivity index (χ1) is 13.5. The Morgan fingerprint density at radius 2 is 1.75 bits per heavy atom. The van der Waals surface area contributed by atoms with E-state index in [1.54, 1.807) is 28.4 Å². The minimum Gasteiger partial charge on any atom is -0.489 e. The number of fused-ring (bicyclic) bond motifs is 1. The molecule has 0 atom stereocenters. The number of aryl methyl sites for hydroxylation is 1. The lowest BCUT2D eigenvalue weighted by molar-refractivity contribution is 0.306. The summed E-state index contributed by atoms with van der Waals surface area (Å²) < 4.78 is 22.3. The van der Waals surface area contributed by atoms with Crippen LogP contribution in [0.1, 0.15) is 11.1 Å². The zero-order valence-electron chi connectivity index (χ0n) is 15.0. The maximum Gasteiger partial charge on any atom is 0.265 e. The monoisotopic (exact) mass is 442 g/mol. The maximum absolute atomic E-state index is 12.9. The fourth-order valence-corrected chi connectivity index (χ4v) is 3.47. The average Bonchev–Trinajstić information content (AvgIpc) is 2.99. The van der Waals surface area contributed by atoms with Gasteiger partial charge in [0.2, 0.25) is 0 Å². The molecule has 142 valence electrons. The molecule has 4 rings (SSSR count). The Bertz CT molecular complexity index is 1180. The molecular weight excluding hydrogens is 427 g/mol. The quantitative estimate of drug-likeness (QED) is 0.473. The standard InChI is InChI=1S/C20H16BrFN4O2/c1-25-19-17(18(21)24-25)20(27)26(12-23-19)10-13-4-8-16(9-5-13)28-11-14-2-6-15(22)7-3-14/h2-9,12H,10-11H2,1H3. The zero-order valence-corrected chi connectivity index (χ0v) is 16.6. The molecule has 0 aliphatic heterocycles. The van der Waals surface area contributed by atoms with Crippen molar-refractivity contribution in [2.75, 3.05) is 0 Å². The molecule has 0 N–H and O–H groups in total. The smallest absolute Gasteiger partial charge is 0.265 e. The summed E-state index contributed by atoms with van der Waals surface area (Å²) in [4.78, 5) is 17.0. The van der Waals surface area contributed by atoms with Crippen molar-refractivity contribution in [2.24, 2.45) is 7.05 Å². The summed E-state index contributed by atoms with van der Waals surface area (Å²) in [5.41, 5.74) is 2.22. The average molecular weight is 443 g/mol. The largest absolute Gasteiger partial charge is 0.489 e. The lowest BCUT2D eigenvalue weighted by Crippen LogP contribution is -2.21. The number of ether oxygens (including phenoxy) is 1. The van der Waals surface area contributed by atoms with Crippen molar-refractivity contribution in [3.05, 3.63) is 86.8 Å². The molecule has 0 spiro atoms. The number of aromatic nitrogens is 4. The Morgan fingerprint density at radius 3 is 2.46 bits per heavy atom. The molecule has 0 saturated carbocycles. The van der Waals surface area contributed by atoms with E-state index in [-0.39, 0.29) is 11.4 Å².